The van der Waals surface area contributed by atoms with Crippen molar-refractivity contribution in [3.05, 3.63) is 54.1 Å². The predicted molar refractivity (Wildman–Crippen MR) is 87.3 cm³/mol. The molecule has 0 atom stereocenters. The molecular formula is C17H24N2O. The number of rotatable bonds is 3. The van der Waals surface area contributed by atoms with Gasteiger partial charge < -0.3 is 15.7 Å². The fourth-order valence-electron chi connectivity index (χ4n) is 1.84. The van der Waals surface area contributed by atoms with Gasteiger partial charge >= 0.3 is 0 Å². The summed E-state index contributed by atoms with van der Waals surface area (Å²) in [6, 6.07) is 15.2. The van der Waals surface area contributed by atoms with E-state index in [1.807, 2.05) is 37.3 Å². The maximum absolute atomic E-state index is 8.92. The van der Waals surface area contributed by atoms with Gasteiger partial charge in [0.15, 0.2) is 0 Å². The van der Waals surface area contributed by atoms with Crippen LogP contribution in [0.5, 0.6) is 5.75 Å². The summed E-state index contributed by atoms with van der Waals surface area (Å²) in [5.74, 6) is 0.368. The first kappa shape index (κ1) is 15.9. The first-order chi connectivity index (χ1) is 9.58. The summed E-state index contributed by atoms with van der Waals surface area (Å²) in [6.07, 6.45) is 0. The minimum absolute atomic E-state index is 0.368. The van der Waals surface area contributed by atoms with Crippen LogP contribution in [0.25, 0.3) is 0 Å². The van der Waals surface area contributed by atoms with E-state index in [9.17, 15) is 0 Å². The van der Waals surface area contributed by atoms with Crippen LogP contribution in [0.1, 0.15) is 19.4 Å². The highest BCUT2D eigenvalue weighted by atomic mass is 16.3. The Bertz CT molecular complexity index is 484. The van der Waals surface area contributed by atoms with E-state index in [1.54, 1.807) is 6.07 Å². The molecular weight excluding hydrogens is 248 g/mol. The summed E-state index contributed by atoms with van der Waals surface area (Å²) >= 11 is 0. The molecule has 3 nitrogen and oxygen atoms in total. The topological polar surface area (TPSA) is 49.5 Å². The number of phenols is 1. The Hall–Kier alpha value is -2.16. The van der Waals surface area contributed by atoms with Gasteiger partial charge in [-0.2, -0.15) is 0 Å². The minimum atomic E-state index is 0.368. The van der Waals surface area contributed by atoms with Crippen LogP contribution in [0.2, 0.25) is 0 Å². The maximum Gasteiger partial charge on any atom is 0.118 e. The van der Waals surface area contributed by atoms with Crippen LogP contribution in [0.4, 0.5) is 11.4 Å². The molecule has 0 aliphatic carbocycles. The average molecular weight is 272 g/mol. The van der Waals surface area contributed by atoms with E-state index >= 15 is 0 Å². The number of phenolic OH excluding ortho intramolecular Hbond substituents is 1. The van der Waals surface area contributed by atoms with Gasteiger partial charge in [-0.15, -0.1) is 0 Å². The molecule has 0 aliphatic heterocycles. The Morgan fingerprint density at radius 3 is 1.90 bits per heavy atom. The summed E-state index contributed by atoms with van der Waals surface area (Å²) in [6.45, 7) is 8.26. The molecule has 0 heterocycles. The molecule has 0 unspecified atom stereocenters. The molecule has 0 saturated carbocycles. The molecule has 2 aromatic rings. The third-order valence-electron chi connectivity index (χ3n) is 3.14. The van der Waals surface area contributed by atoms with E-state index < -0.39 is 0 Å². The molecule has 0 aromatic heterocycles. The van der Waals surface area contributed by atoms with E-state index in [4.69, 9.17) is 10.8 Å². The Labute approximate surface area is 121 Å². The van der Waals surface area contributed by atoms with Gasteiger partial charge in [0.2, 0.25) is 0 Å². The van der Waals surface area contributed by atoms with Gasteiger partial charge in [-0.3, -0.25) is 0 Å². The fourth-order valence-corrected chi connectivity index (χ4v) is 1.84. The van der Waals surface area contributed by atoms with Crippen LogP contribution in [0.15, 0.2) is 48.5 Å². The third-order valence-corrected chi connectivity index (χ3v) is 3.14. The number of aromatic hydroxyl groups is 1. The van der Waals surface area contributed by atoms with Gasteiger partial charge in [-0.1, -0.05) is 18.2 Å². The average Bonchev–Trinajstić information content (AvgIpc) is 2.46. The number of hydrogen-bond donors (Lipinski definition) is 2. The third kappa shape index (κ3) is 4.84. The van der Waals surface area contributed by atoms with Crippen molar-refractivity contribution in [1.29, 1.82) is 0 Å². The normalized spacial score (nSPS) is 9.55. The van der Waals surface area contributed by atoms with Crippen molar-refractivity contribution in [3.8, 4) is 5.75 Å². The van der Waals surface area contributed by atoms with Crippen molar-refractivity contribution in [2.75, 3.05) is 23.7 Å². The summed E-state index contributed by atoms with van der Waals surface area (Å²) in [5.41, 5.74) is 8.58. The van der Waals surface area contributed by atoms with Crippen molar-refractivity contribution < 1.29 is 5.11 Å². The van der Waals surface area contributed by atoms with Crippen LogP contribution in [-0.4, -0.2) is 18.2 Å². The summed E-state index contributed by atoms with van der Waals surface area (Å²) in [7, 11) is 0. The number of para-hydroxylation sites is 1. The molecule has 108 valence electrons. The van der Waals surface area contributed by atoms with Gasteiger partial charge in [-0.25, -0.2) is 0 Å². The largest absolute Gasteiger partial charge is 0.508 e. The quantitative estimate of drug-likeness (QED) is 0.835. The Balaban J connectivity index is 0.000000217. The van der Waals surface area contributed by atoms with Gasteiger partial charge in [0.1, 0.15) is 5.75 Å². The zero-order valence-electron chi connectivity index (χ0n) is 12.5. The number of aryl methyl sites for hydroxylation is 1. The molecule has 0 saturated heterocycles. The lowest BCUT2D eigenvalue weighted by molar-refractivity contribution is 0.471. The SMILES string of the molecule is CCN(CC)c1ccc(N)cc1.Cc1ccccc1O. The van der Waals surface area contributed by atoms with Crippen molar-refractivity contribution >= 4 is 11.4 Å². The lowest BCUT2D eigenvalue weighted by atomic mass is 10.2. The molecule has 0 amide bonds. The number of benzene rings is 2. The number of nitrogens with zero attached hydrogens (tertiary/aromatic N) is 1. The Morgan fingerprint density at radius 2 is 1.50 bits per heavy atom. The predicted octanol–water partition coefficient (Wildman–Crippen LogP) is 3.82. The molecule has 3 N–H and O–H groups in total. The van der Waals surface area contributed by atoms with Gasteiger partial charge in [0.05, 0.1) is 0 Å². The number of nitrogens with two attached hydrogens (primary N) is 1. The summed E-state index contributed by atoms with van der Waals surface area (Å²) in [4.78, 5) is 2.29. The van der Waals surface area contributed by atoms with E-state index in [0.717, 1.165) is 24.3 Å². The minimum Gasteiger partial charge on any atom is -0.508 e. The fraction of sp³-hybridized carbons (Fsp3) is 0.294. The van der Waals surface area contributed by atoms with E-state index in [2.05, 4.69) is 30.9 Å². The second kappa shape index (κ2) is 8.10. The van der Waals surface area contributed by atoms with Crippen LogP contribution >= 0.6 is 0 Å². The van der Waals surface area contributed by atoms with Crippen LogP contribution in [-0.2, 0) is 0 Å². The molecule has 0 radical (unpaired) electrons. The molecule has 2 aromatic carbocycles. The lowest BCUT2D eigenvalue weighted by Crippen LogP contribution is -2.21. The zero-order chi connectivity index (χ0) is 15.0. The van der Waals surface area contributed by atoms with E-state index in [0.29, 0.717) is 5.75 Å². The van der Waals surface area contributed by atoms with Gasteiger partial charge in [0, 0.05) is 24.5 Å². The van der Waals surface area contributed by atoms with Crippen molar-refractivity contribution in [1.82, 2.24) is 0 Å². The summed E-state index contributed by atoms with van der Waals surface area (Å²) in [5, 5.41) is 8.92. The number of anilines is 2. The molecule has 0 bridgehead atoms. The molecule has 0 spiro atoms. The molecule has 0 fully saturated rings. The van der Waals surface area contributed by atoms with Crippen LogP contribution < -0.4 is 10.6 Å². The zero-order valence-corrected chi connectivity index (χ0v) is 12.5. The first-order valence-electron chi connectivity index (χ1n) is 6.93. The van der Waals surface area contributed by atoms with Gasteiger partial charge in [0.25, 0.3) is 0 Å². The highest BCUT2D eigenvalue weighted by molar-refractivity contribution is 5.52. The number of hydrogen-bond acceptors (Lipinski definition) is 3. The second-order valence-electron chi connectivity index (χ2n) is 4.55. The Kier molecular flexibility index (Phi) is 6.44. The Morgan fingerprint density at radius 1 is 0.950 bits per heavy atom. The molecule has 0 aliphatic rings. The van der Waals surface area contributed by atoms with Crippen molar-refractivity contribution in [2.24, 2.45) is 0 Å². The molecule has 2 rings (SSSR count). The first-order valence-corrected chi connectivity index (χ1v) is 6.93. The van der Waals surface area contributed by atoms with Crippen molar-refractivity contribution in [3.63, 3.8) is 0 Å². The summed E-state index contributed by atoms with van der Waals surface area (Å²) < 4.78 is 0. The van der Waals surface area contributed by atoms with Crippen LogP contribution in [0, 0.1) is 6.92 Å². The highest BCUT2D eigenvalue weighted by Crippen LogP contribution is 2.15. The second-order valence-corrected chi connectivity index (χ2v) is 4.55. The van der Waals surface area contributed by atoms with Gasteiger partial charge in [-0.05, 0) is 56.7 Å². The number of nitrogen functional groups attached to an aromatic ring is 1. The monoisotopic (exact) mass is 272 g/mol. The standard InChI is InChI=1S/C10H16N2.C7H8O/c1-3-12(4-2)10-7-5-9(11)6-8-10;1-6-4-2-3-5-7(6)8/h5-8H,3-4,11H2,1-2H3;2-5,8H,1H3. The highest BCUT2D eigenvalue weighted by Gasteiger charge is 1.99. The van der Waals surface area contributed by atoms with Crippen LogP contribution in [0.3, 0.4) is 0 Å². The smallest absolute Gasteiger partial charge is 0.118 e. The molecule has 3 heteroatoms. The molecule has 20 heavy (non-hydrogen) atoms. The van der Waals surface area contributed by atoms with Crippen molar-refractivity contribution in [2.45, 2.75) is 20.8 Å². The van der Waals surface area contributed by atoms with E-state index in [1.165, 1.54) is 5.69 Å². The van der Waals surface area contributed by atoms with E-state index in [-0.39, 0.29) is 0 Å². The maximum atomic E-state index is 8.92. The lowest BCUT2D eigenvalue weighted by Gasteiger charge is -2.20.